The number of pyridine rings is 1. The Morgan fingerprint density at radius 2 is 1.74 bits per heavy atom. The number of nitrogens with zero attached hydrogens (tertiary/aromatic N) is 3. The first-order valence-electron chi connectivity index (χ1n) is 13.4. The molecule has 2 aromatic heterocycles. The molecular weight excluding hydrogens is 597 g/mol. The quantitative estimate of drug-likeness (QED) is 0.121. The first-order chi connectivity index (χ1) is 20.8. The number of aryl methyl sites for hydroxylation is 1. The molecule has 0 fully saturated rings. The Labute approximate surface area is 258 Å². The number of carbonyl (C=O) groups is 2. The highest BCUT2D eigenvalue weighted by Gasteiger charge is 2.17. The van der Waals surface area contributed by atoms with Gasteiger partial charge in [-0.3, -0.25) is 10.6 Å². The maximum atomic E-state index is 13.0. The van der Waals surface area contributed by atoms with Crippen LogP contribution in [0.15, 0.2) is 60.8 Å². The number of amides is 4. The van der Waals surface area contributed by atoms with E-state index in [0.717, 1.165) is 30.6 Å². The van der Waals surface area contributed by atoms with E-state index in [1.807, 2.05) is 30.3 Å². The maximum absolute atomic E-state index is 13.0. The van der Waals surface area contributed by atoms with E-state index in [2.05, 4.69) is 38.3 Å². The standard InChI is InChI=1S/C29H31Cl2N7O5/c1-3-4-5-18-16-25(38(37-18)19-6-8-20(42-2)9-7-19)36-29(41)34-22-10-11-23(27(31)26(22)30)43-21-12-13-32-24(17-21)35-28(40)33-14-15-39/h6-13,16-17,39H,3-5,14-15H2,1-2H3,(H2,34,36,41)(H2,32,33,35,40). The highest BCUT2D eigenvalue weighted by molar-refractivity contribution is 6.45. The predicted octanol–water partition coefficient (Wildman–Crippen LogP) is 6.48. The van der Waals surface area contributed by atoms with Gasteiger partial charge in [-0.05, 0) is 55.3 Å². The molecule has 0 unspecified atom stereocenters. The molecule has 0 saturated carbocycles. The van der Waals surface area contributed by atoms with Gasteiger partial charge in [-0.2, -0.15) is 5.10 Å². The molecule has 14 heteroatoms. The van der Waals surface area contributed by atoms with Gasteiger partial charge in [0.1, 0.15) is 33.9 Å². The number of ether oxygens (including phenoxy) is 2. The SMILES string of the molecule is CCCCc1cc(NC(=O)Nc2ccc(Oc3ccnc(NC(=O)NCCO)c3)c(Cl)c2Cl)n(-c2ccc(OC)cc2)n1. The Morgan fingerprint density at radius 1 is 0.953 bits per heavy atom. The number of urea groups is 2. The number of methoxy groups -OCH3 is 1. The summed E-state index contributed by atoms with van der Waals surface area (Å²) in [5.41, 5.74) is 1.85. The third-order valence-corrected chi connectivity index (χ3v) is 6.86. The van der Waals surface area contributed by atoms with Crippen LogP contribution in [0, 0.1) is 0 Å². The van der Waals surface area contributed by atoms with E-state index in [1.54, 1.807) is 30.0 Å². The first kappa shape index (κ1) is 31.4. The second-order valence-electron chi connectivity index (χ2n) is 9.14. The topological polar surface area (TPSA) is 152 Å². The molecule has 4 aromatic rings. The van der Waals surface area contributed by atoms with Crippen LogP contribution in [0.3, 0.4) is 0 Å². The number of rotatable bonds is 12. The molecule has 4 amide bonds. The van der Waals surface area contributed by atoms with Crippen molar-refractivity contribution in [2.24, 2.45) is 0 Å². The summed E-state index contributed by atoms with van der Waals surface area (Å²) in [5.74, 6) is 1.95. The van der Waals surface area contributed by atoms with Crippen molar-refractivity contribution in [2.45, 2.75) is 26.2 Å². The van der Waals surface area contributed by atoms with E-state index in [-0.39, 0.29) is 40.5 Å². The molecule has 0 aliphatic rings. The van der Waals surface area contributed by atoms with Crippen molar-refractivity contribution in [2.75, 3.05) is 36.2 Å². The van der Waals surface area contributed by atoms with Crippen LogP contribution in [-0.4, -0.2) is 52.2 Å². The highest BCUT2D eigenvalue weighted by Crippen LogP contribution is 2.39. The minimum atomic E-state index is -0.548. The fourth-order valence-electron chi connectivity index (χ4n) is 3.90. The zero-order chi connectivity index (χ0) is 30.8. The molecule has 226 valence electrons. The minimum absolute atomic E-state index is 0.0663. The number of benzene rings is 2. The number of unbranched alkanes of at least 4 members (excludes halogenated alkanes) is 1. The lowest BCUT2D eigenvalue weighted by Crippen LogP contribution is -2.31. The van der Waals surface area contributed by atoms with Gasteiger partial charge in [-0.15, -0.1) is 0 Å². The van der Waals surface area contributed by atoms with Gasteiger partial charge in [0.25, 0.3) is 0 Å². The van der Waals surface area contributed by atoms with Crippen LogP contribution in [0.25, 0.3) is 5.69 Å². The Balaban J connectivity index is 1.46. The number of anilines is 3. The van der Waals surface area contributed by atoms with Gasteiger partial charge in [-0.1, -0.05) is 36.5 Å². The van der Waals surface area contributed by atoms with Gasteiger partial charge in [0, 0.05) is 24.9 Å². The number of nitrogens with one attached hydrogen (secondary N) is 4. The number of aromatic nitrogens is 3. The van der Waals surface area contributed by atoms with Crippen LogP contribution in [0.5, 0.6) is 17.2 Å². The van der Waals surface area contributed by atoms with Crippen LogP contribution in [-0.2, 0) is 6.42 Å². The van der Waals surface area contributed by atoms with Gasteiger partial charge < -0.3 is 25.2 Å². The van der Waals surface area contributed by atoms with E-state index in [9.17, 15) is 9.59 Å². The minimum Gasteiger partial charge on any atom is -0.497 e. The monoisotopic (exact) mass is 627 g/mol. The number of aliphatic hydroxyl groups excluding tert-OH is 1. The molecule has 2 aromatic carbocycles. The van der Waals surface area contributed by atoms with Crippen molar-refractivity contribution >= 4 is 52.6 Å². The van der Waals surface area contributed by atoms with Crippen molar-refractivity contribution in [1.82, 2.24) is 20.1 Å². The zero-order valence-electron chi connectivity index (χ0n) is 23.5. The lowest BCUT2D eigenvalue weighted by atomic mass is 10.2. The molecular formula is C29H31Cl2N7O5. The second-order valence-corrected chi connectivity index (χ2v) is 9.89. The maximum Gasteiger partial charge on any atom is 0.324 e. The van der Waals surface area contributed by atoms with Crippen molar-refractivity contribution < 1.29 is 24.2 Å². The van der Waals surface area contributed by atoms with E-state index in [0.29, 0.717) is 17.3 Å². The van der Waals surface area contributed by atoms with Crippen LogP contribution >= 0.6 is 23.2 Å². The summed E-state index contributed by atoms with van der Waals surface area (Å²) < 4.78 is 12.8. The van der Waals surface area contributed by atoms with E-state index in [4.69, 9.17) is 37.8 Å². The number of hydrogen-bond acceptors (Lipinski definition) is 7. The average Bonchev–Trinajstić information content (AvgIpc) is 3.41. The fraction of sp³-hybridized carbons (Fsp3) is 0.241. The summed E-state index contributed by atoms with van der Waals surface area (Å²) in [4.78, 5) is 28.9. The highest BCUT2D eigenvalue weighted by atomic mass is 35.5. The van der Waals surface area contributed by atoms with Crippen LogP contribution < -0.4 is 30.7 Å². The molecule has 0 spiro atoms. The molecule has 0 bridgehead atoms. The molecule has 43 heavy (non-hydrogen) atoms. The normalized spacial score (nSPS) is 10.6. The summed E-state index contributed by atoms with van der Waals surface area (Å²) in [6.45, 7) is 2.01. The lowest BCUT2D eigenvalue weighted by molar-refractivity contribution is 0.244. The van der Waals surface area contributed by atoms with Gasteiger partial charge in [0.05, 0.1) is 35.8 Å². The summed E-state index contributed by atoms with van der Waals surface area (Å²) in [7, 11) is 1.59. The van der Waals surface area contributed by atoms with E-state index >= 15 is 0 Å². The molecule has 0 aliphatic carbocycles. The summed E-state index contributed by atoms with van der Waals surface area (Å²) in [5, 5.41) is 24.2. The fourth-order valence-corrected chi connectivity index (χ4v) is 4.30. The predicted molar refractivity (Wildman–Crippen MR) is 166 cm³/mol. The molecule has 4 rings (SSSR count). The van der Waals surface area contributed by atoms with Crippen molar-refractivity contribution in [3.63, 3.8) is 0 Å². The number of halogens is 2. The van der Waals surface area contributed by atoms with Crippen LogP contribution in [0.4, 0.5) is 26.9 Å². The Bertz CT molecular complexity index is 1560. The Kier molecular flexibility index (Phi) is 11.0. The molecule has 0 aliphatic heterocycles. The zero-order valence-corrected chi connectivity index (χ0v) is 25.0. The van der Waals surface area contributed by atoms with Gasteiger partial charge in [0.2, 0.25) is 0 Å². The number of aliphatic hydroxyl groups is 1. The second kappa shape index (κ2) is 15.1. The molecule has 0 atom stereocenters. The van der Waals surface area contributed by atoms with Crippen molar-refractivity contribution in [1.29, 1.82) is 0 Å². The van der Waals surface area contributed by atoms with Gasteiger partial charge in [0.15, 0.2) is 0 Å². The first-order valence-corrected chi connectivity index (χ1v) is 14.2. The molecule has 5 N–H and O–H groups in total. The average molecular weight is 629 g/mol. The largest absolute Gasteiger partial charge is 0.497 e. The van der Waals surface area contributed by atoms with Crippen LogP contribution in [0.2, 0.25) is 10.0 Å². The smallest absolute Gasteiger partial charge is 0.324 e. The Morgan fingerprint density at radius 3 is 2.47 bits per heavy atom. The summed E-state index contributed by atoms with van der Waals surface area (Å²) in [6.07, 6.45) is 4.19. The molecule has 2 heterocycles. The summed E-state index contributed by atoms with van der Waals surface area (Å²) >= 11 is 13.0. The van der Waals surface area contributed by atoms with Gasteiger partial charge in [-0.25, -0.2) is 19.3 Å². The van der Waals surface area contributed by atoms with E-state index in [1.165, 1.54) is 12.3 Å². The van der Waals surface area contributed by atoms with E-state index < -0.39 is 12.1 Å². The van der Waals surface area contributed by atoms with Crippen molar-refractivity contribution in [3.05, 3.63) is 76.5 Å². The Hall–Kier alpha value is -4.52. The molecule has 0 saturated heterocycles. The van der Waals surface area contributed by atoms with Crippen LogP contribution in [0.1, 0.15) is 25.5 Å². The van der Waals surface area contributed by atoms with Crippen molar-refractivity contribution in [3.8, 4) is 22.9 Å². The third kappa shape index (κ3) is 8.51. The number of carbonyl (C=O) groups excluding carboxylic acids is 2. The third-order valence-electron chi connectivity index (χ3n) is 6.00. The van der Waals surface area contributed by atoms with Gasteiger partial charge >= 0.3 is 12.1 Å². The molecule has 0 radical (unpaired) electrons. The molecule has 12 nitrogen and oxygen atoms in total. The lowest BCUT2D eigenvalue weighted by Gasteiger charge is -2.14. The summed E-state index contributed by atoms with van der Waals surface area (Å²) in [6, 6.07) is 14.3. The number of hydrogen-bond donors (Lipinski definition) is 5.